The second-order valence-corrected chi connectivity index (χ2v) is 8.53. The minimum absolute atomic E-state index is 0.154. The highest BCUT2D eigenvalue weighted by atomic mass is 32.1. The number of aliphatic hydroxyl groups is 1. The maximum atomic E-state index is 14.0. The summed E-state index contributed by atoms with van der Waals surface area (Å²) in [4.78, 5) is 7.23. The topological polar surface area (TPSA) is 36.4 Å². The third-order valence-corrected chi connectivity index (χ3v) is 6.89. The summed E-state index contributed by atoms with van der Waals surface area (Å²) in [6, 6.07) is 7.30. The highest BCUT2D eigenvalue weighted by Crippen LogP contribution is 2.35. The van der Waals surface area contributed by atoms with E-state index in [2.05, 4.69) is 10.3 Å². The summed E-state index contributed by atoms with van der Waals surface area (Å²) in [6.07, 6.45) is 7.96. The van der Waals surface area contributed by atoms with Crippen LogP contribution >= 0.6 is 11.3 Å². The maximum absolute atomic E-state index is 14.0. The van der Waals surface area contributed by atoms with Gasteiger partial charge in [0.1, 0.15) is 10.8 Å². The smallest absolute Gasteiger partial charge is 0.133 e. The van der Waals surface area contributed by atoms with Gasteiger partial charge in [0, 0.05) is 29.4 Å². The summed E-state index contributed by atoms with van der Waals surface area (Å²) < 4.78 is 14.0. The molecular weight excluding hydrogens is 347 g/mol. The zero-order valence-electron chi connectivity index (χ0n) is 15.1. The molecular formula is C21H27FN2OS. The molecule has 0 radical (unpaired) electrons. The average Bonchev–Trinajstić information content (AvgIpc) is 3.11. The number of hydrogen-bond acceptors (Lipinski definition) is 4. The number of halogens is 1. The first-order valence-corrected chi connectivity index (χ1v) is 10.7. The summed E-state index contributed by atoms with van der Waals surface area (Å²) in [7, 11) is 0. The highest BCUT2D eigenvalue weighted by molar-refractivity contribution is 7.13. The van der Waals surface area contributed by atoms with Gasteiger partial charge in [0.25, 0.3) is 0 Å². The van der Waals surface area contributed by atoms with Crippen molar-refractivity contribution in [1.82, 2.24) is 9.88 Å². The van der Waals surface area contributed by atoms with Crippen LogP contribution in [0, 0.1) is 11.7 Å². The van der Waals surface area contributed by atoms with E-state index < -0.39 is 0 Å². The van der Waals surface area contributed by atoms with Gasteiger partial charge < -0.3 is 5.11 Å². The van der Waals surface area contributed by atoms with E-state index in [0.29, 0.717) is 17.5 Å². The molecule has 1 aromatic carbocycles. The summed E-state index contributed by atoms with van der Waals surface area (Å²) in [5.74, 6) is 0.184. The largest absolute Gasteiger partial charge is 0.393 e. The summed E-state index contributed by atoms with van der Waals surface area (Å²) >= 11 is 1.52. The molecule has 2 fully saturated rings. The van der Waals surface area contributed by atoms with Gasteiger partial charge in [0.05, 0.1) is 11.8 Å². The molecule has 0 bridgehead atoms. The number of nitrogens with zero attached hydrogens (tertiary/aromatic N) is 2. The zero-order valence-corrected chi connectivity index (χ0v) is 15.9. The molecule has 1 aliphatic heterocycles. The van der Waals surface area contributed by atoms with Gasteiger partial charge >= 0.3 is 0 Å². The predicted octanol–water partition coefficient (Wildman–Crippen LogP) is 4.85. The van der Waals surface area contributed by atoms with E-state index in [0.717, 1.165) is 43.1 Å². The molecule has 1 aliphatic carbocycles. The molecule has 2 heterocycles. The van der Waals surface area contributed by atoms with E-state index in [1.54, 1.807) is 12.1 Å². The SMILES string of the molecule is O[C@@H]1CCCC[C@@H]1[C@@H]1CCCCN1Cc1csc(-c2ccccc2F)n1. The minimum Gasteiger partial charge on any atom is -0.393 e. The van der Waals surface area contributed by atoms with Crippen LogP contribution in [0.5, 0.6) is 0 Å². The van der Waals surface area contributed by atoms with Gasteiger partial charge in [0.15, 0.2) is 0 Å². The van der Waals surface area contributed by atoms with E-state index >= 15 is 0 Å². The Morgan fingerprint density at radius 3 is 2.77 bits per heavy atom. The van der Waals surface area contributed by atoms with Crippen LogP contribution in [0.1, 0.15) is 50.6 Å². The molecule has 1 saturated heterocycles. The Morgan fingerprint density at radius 1 is 1.12 bits per heavy atom. The molecule has 4 rings (SSSR count). The number of aromatic nitrogens is 1. The lowest BCUT2D eigenvalue weighted by molar-refractivity contribution is -0.00895. The number of hydrogen-bond donors (Lipinski definition) is 1. The minimum atomic E-state index is -0.213. The molecule has 26 heavy (non-hydrogen) atoms. The van der Waals surface area contributed by atoms with Crippen LogP contribution in [0.15, 0.2) is 29.6 Å². The molecule has 1 N–H and O–H groups in total. The van der Waals surface area contributed by atoms with Crippen LogP contribution < -0.4 is 0 Å². The fraction of sp³-hybridized carbons (Fsp3) is 0.571. The van der Waals surface area contributed by atoms with Crippen molar-refractivity contribution in [2.75, 3.05) is 6.54 Å². The molecule has 0 unspecified atom stereocenters. The lowest BCUT2D eigenvalue weighted by Crippen LogP contribution is -2.48. The van der Waals surface area contributed by atoms with Crippen molar-refractivity contribution in [2.24, 2.45) is 5.92 Å². The molecule has 1 saturated carbocycles. The molecule has 2 aliphatic rings. The van der Waals surface area contributed by atoms with Crippen molar-refractivity contribution in [3.63, 3.8) is 0 Å². The Bertz CT molecular complexity index is 734. The first-order chi connectivity index (χ1) is 12.7. The lowest BCUT2D eigenvalue weighted by Gasteiger charge is -2.43. The Balaban J connectivity index is 1.49. The first kappa shape index (κ1) is 18.1. The van der Waals surface area contributed by atoms with Crippen molar-refractivity contribution in [2.45, 2.75) is 63.6 Å². The molecule has 5 heteroatoms. The lowest BCUT2D eigenvalue weighted by atomic mass is 9.78. The summed E-state index contributed by atoms with van der Waals surface area (Å²) in [6.45, 7) is 1.87. The van der Waals surface area contributed by atoms with Crippen molar-refractivity contribution < 1.29 is 9.50 Å². The Morgan fingerprint density at radius 2 is 1.92 bits per heavy atom. The van der Waals surface area contributed by atoms with Gasteiger partial charge in [0.2, 0.25) is 0 Å². The normalized spacial score (nSPS) is 27.5. The third kappa shape index (κ3) is 3.85. The Labute approximate surface area is 158 Å². The quantitative estimate of drug-likeness (QED) is 0.831. The number of thiazole rings is 1. The molecule has 1 aromatic heterocycles. The average molecular weight is 375 g/mol. The molecule has 2 aromatic rings. The van der Waals surface area contributed by atoms with Crippen LogP contribution in [0.3, 0.4) is 0 Å². The first-order valence-electron chi connectivity index (χ1n) is 9.84. The Hall–Kier alpha value is -1.30. The predicted molar refractivity (Wildman–Crippen MR) is 104 cm³/mol. The van der Waals surface area contributed by atoms with E-state index in [9.17, 15) is 9.50 Å². The van der Waals surface area contributed by atoms with Crippen LogP contribution in [-0.2, 0) is 6.54 Å². The van der Waals surface area contributed by atoms with Crippen LogP contribution in [-0.4, -0.2) is 33.7 Å². The fourth-order valence-corrected chi connectivity index (χ4v) is 5.47. The number of aliphatic hydroxyl groups excluding tert-OH is 1. The van der Waals surface area contributed by atoms with Crippen LogP contribution in [0.25, 0.3) is 10.6 Å². The third-order valence-electron chi connectivity index (χ3n) is 5.96. The van der Waals surface area contributed by atoms with Crippen molar-refractivity contribution in [3.05, 3.63) is 41.2 Å². The zero-order chi connectivity index (χ0) is 17.9. The van der Waals surface area contributed by atoms with Crippen molar-refractivity contribution >= 4 is 11.3 Å². The number of rotatable bonds is 4. The van der Waals surface area contributed by atoms with Crippen LogP contribution in [0.2, 0.25) is 0 Å². The number of benzene rings is 1. The second kappa shape index (κ2) is 8.15. The fourth-order valence-electron chi connectivity index (χ4n) is 4.63. The van der Waals surface area contributed by atoms with Crippen molar-refractivity contribution in [3.8, 4) is 10.6 Å². The second-order valence-electron chi connectivity index (χ2n) is 7.67. The molecule has 0 spiro atoms. The van der Waals surface area contributed by atoms with Gasteiger partial charge in [-0.15, -0.1) is 11.3 Å². The number of likely N-dealkylation sites (tertiary alicyclic amines) is 1. The number of piperidine rings is 1. The summed E-state index contributed by atoms with van der Waals surface area (Å²) in [5, 5.41) is 13.3. The summed E-state index contributed by atoms with van der Waals surface area (Å²) in [5.41, 5.74) is 1.60. The maximum Gasteiger partial charge on any atom is 0.133 e. The molecule has 0 amide bonds. The molecule has 3 nitrogen and oxygen atoms in total. The van der Waals surface area contributed by atoms with Gasteiger partial charge in [-0.2, -0.15) is 0 Å². The van der Waals surface area contributed by atoms with Gasteiger partial charge in [-0.3, -0.25) is 4.90 Å². The van der Waals surface area contributed by atoms with Gasteiger partial charge in [-0.05, 0) is 44.4 Å². The van der Waals surface area contributed by atoms with Crippen molar-refractivity contribution in [1.29, 1.82) is 0 Å². The highest BCUT2D eigenvalue weighted by Gasteiger charge is 2.35. The van der Waals surface area contributed by atoms with E-state index in [1.807, 2.05) is 6.07 Å². The van der Waals surface area contributed by atoms with Gasteiger partial charge in [-0.1, -0.05) is 31.4 Å². The van der Waals surface area contributed by atoms with Crippen LogP contribution in [0.4, 0.5) is 4.39 Å². The van der Waals surface area contributed by atoms with E-state index in [-0.39, 0.29) is 11.9 Å². The molecule has 3 atom stereocenters. The monoisotopic (exact) mass is 374 g/mol. The van der Waals surface area contributed by atoms with Gasteiger partial charge in [-0.25, -0.2) is 9.37 Å². The van der Waals surface area contributed by atoms with E-state index in [1.165, 1.54) is 43.1 Å². The Kier molecular flexibility index (Phi) is 5.67. The van der Waals surface area contributed by atoms with E-state index in [4.69, 9.17) is 4.98 Å². The molecule has 140 valence electrons. The standard InChI is InChI=1S/C21H27FN2OS/c22-18-9-3-1-7-16(18)21-23-15(14-26-21)13-24-12-6-5-10-19(24)17-8-2-4-11-20(17)25/h1,3,7,9,14,17,19-20,25H,2,4-6,8,10-13H2/t17-,19+,20-/m1/s1.